The van der Waals surface area contributed by atoms with Crippen molar-refractivity contribution in [3.8, 4) is 0 Å². The zero-order chi connectivity index (χ0) is 19.9. The van der Waals surface area contributed by atoms with E-state index in [0.29, 0.717) is 0 Å². The second-order valence-corrected chi connectivity index (χ2v) is 9.40. The third-order valence-corrected chi connectivity index (χ3v) is 7.32. The van der Waals surface area contributed by atoms with E-state index < -0.39 is 0 Å². The molecule has 0 bridgehead atoms. The van der Waals surface area contributed by atoms with Gasteiger partial charge in [0.1, 0.15) is 12.2 Å². The summed E-state index contributed by atoms with van der Waals surface area (Å²) in [5.74, 6) is 2.22. The maximum atomic E-state index is 12.6. The quantitative estimate of drug-likeness (QED) is 0.453. The van der Waals surface area contributed by atoms with Crippen molar-refractivity contribution in [2.24, 2.45) is 23.7 Å². The maximum Gasteiger partial charge on any atom is 0.330 e. The van der Waals surface area contributed by atoms with E-state index in [-0.39, 0.29) is 30.1 Å². The first-order valence-corrected chi connectivity index (χ1v) is 11.6. The Labute approximate surface area is 170 Å². The second-order valence-electron chi connectivity index (χ2n) is 9.40. The molecule has 0 atom stereocenters. The maximum absolute atomic E-state index is 12.6. The number of carbonyl (C=O) groups excluding carboxylic acids is 2. The Morgan fingerprint density at radius 3 is 1.79 bits per heavy atom. The minimum absolute atomic E-state index is 0.0672. The van der Waals surface area contributed by atoms with Gasteiger partial charge < -0.3 is 9.47 Å². The minimum atomic E-state index is -0.211. The van der Waals surface area contributed by atoms with E-state index in [1.807, 2.05) is 6.92 Å². The van der Waals surface area contributed by atoms with Crippen molar-refractivity contribution >= 4 is 11.9 Å². The van der Waals surface area contributed by atoms with Crippen LogP contribution in [0.5, 0.6) is 0 Å². The fourth-order valence-corrected chi connectivity index (χ4v) is 5.45. The average molecular weight is 391 g/mol. The van der Waals surface area contributed by atoms with Crippen LogP contribution in [-0.2, 0) is 19.1 Å². The Kier molecular flexibility index (Phi) is 7.99. The van der Waals surface area contributed by atoms with Crippen LogP contribution in [0, 0.1) is 23.7 Å². The highest BCUT2D eigenvalue weighted by molar-refractivity contribution is 5.81. The summed E-state index contributed by atoms with van der Waals surface area (Å²) in [5, 5.41) is 0. The Morgan fingerprint density at radius 2 is 1.21 bits per heavy atom. The van der Waals surface area contributed by atoms with Crippen LogP contribution in [0.1, 0.15) is 90.9 Å². The topological polar surface area (TPSA) is 52.6 Å². The third-order valence-electron chi connectivity index (χ3n) is 7.32. The summed E-state index contributed by atoms with van der Waals surface area (Å²) in [5.41, 5.74) is 0. The van der Waals surface area contributed by atoms with Gasteiger partial charge in [-0.15, -0.1) is 0 Å². The molecule has 0 aromatic rings. The molecule has 0 saturated heterocycles. The lowest BCUT2D eigenvalue weighted by Gasteiger charge is -2.37. The molecule has 3 aliphatic carbocycles. The molecule has 3 saturated carbocycles. The molecule has 3 aliphatic rings. The van der Waals surface area contributed by atoms with Crippen LogP contribution in [0.3, 0.4) is 0 Å². The summed E-state index contributed by atoms with van der Waals surface area (Å²) in [6, 6.07) is 0. The van der Waals surface area contributed by atoms with Gasteiger partial charge in [0.15, 0.2) is 0 Å². The Hall–Kier alpha value is -1.32. The van der Waals surface area contributed by atoms with Gasteiger partial charge in [-0.3, -0.25) is 4.79 Å². The summed E-state index contributed by atoms with van der Waals surface area (Å²) in [7, 11) is 0. The predicted octanol–water partition coefficient (Wildman–Crippen LogP) is 5.59. The van der Waals surface area contributed by atoms with Crippen molar-refractivity contribution in [1.29, 1.82) is 0 Å². The molecule has 4 heteroatoms. The smallest absolute Gasteiger partial charge is 0.330 e. The molecule has 3 fully saturated rings. The van der Waals surface area contributed by atoms with Crippen LogP contribution < -0.4 is 0 Å². The van der Waals surface area contributed by atoms with Gasteiger partial charge in [-0.2, -0.15) is 0 Å². The van der Waals surface area contributed by atoms with Gasteiger partial charge in [0.05, 0.1) is 5.92 Å². The molecule has 4 nitrogen and oxygen atoms in total. The van der Waals surface area contributed by atoms with E-state index in [1.54, 1.807) is 6.08 Å². The van der Waals surface area contributed by atoms with Crippen molar-refractivity contribution in [3.63, 3.8) is 0 Å². The van der Waals surface area contributed by atoms with Gasteiger partial charge in [-0.1, -0.05) is 13.0 Å². The molecule has 0 aliphatic heterocycles. The molecule has 0 amide bonds. The first-order chi connectivity index (χ1) is 13.5. The van der Waals surface area contributed by atoms with Crippen molar-refractivity contribution in [3.05, 3.63) is 12.2 Å². The highest BCUT2D eigenvalue weighted by Crippen LogP contribution is 2.41. The van der Waals surface area contributed by atoms with Gasteiger partial charge in [-0.25, -0.2) is 4.79 Å². The average Bonchev–Trinajstić information content (AvgIpc) is 2.70. The van der Waals surface area contributed by atoms with Crippen molar-refractivity contribution < 1.29 is 19.1 Å². The second kappa shape index (κ2) is 10.5. The van der Waals surface area contributed by atoms with Gasteiger partial charge in [0, 0.05) is 6.08 Å². The molecule has 158 valence electrons. The molecule has 0 spiro atoms. The van der Waals surface area contributed by atoms with Crippen LogP contribution in [0.2, 0.25) is 0 Å². The van der Waals surface area contributed by atoms with Gasteiger partial charge in [0.2, 0.25) is 0 Å². The predicted molar refractivity (Wildman–Crippen MR) is 110 cm³/mol. The molecular formula is C24H38O4. The number of hydrogen-bond acceptors (Lipinski definition) is 4. The van der Waals surface area contributed by atoms with E-state index >= 15 is 0 Å². The van der Waals surface area contributed by atoms with E-state index in [4.69, 9.17) is 9.47 Å². The highest BCUT2D eigenvalue weighted by atomic mass is 16.5. The Morgan fingerprint density at radius 1 is 0.714 bits per heavy atom. The van der Waals surface area contributed by atoms with Crippen molar-refractivity contribution in [1.82, 2.24) is 0 Å². The van der Waals surface area contributed by atoms with Crippen LogP contribution in [0.15, 0.2) is 12.2 Å². The lowest BCUT2D eigenvalue weighted by molar-refractivity contribution is -0.157. The van der Waals surface area contributed by atoms with E-state index in [9.17, 15) is 9.59 Å². The number of allylic oxidation sites excluding steroid dienone is 1. The molecule has 3 rings (SSSR count). The molecule has 0 radical (unpaired) electrons. The summed E-state index contributed by atoms with van der Waals surface area (Å²) in [6.45, 7) is 4.12. The number of ether oxygens (including phenoxy) is 2. The molecule has 0 N–H and O–H groups in total. The van der Waals surface area contributed by atoms with Gasteiger partial charge in [-0.05, 0) is 102 Å². The zero-order valence-corrected chi connectivity index (χ0v) is 17.7. The molecule has 0 heterocycles. The van der Waals surface area contributed by atoms with Crippen LogP contribution >= 0.6 is 0 Å². The first-order valence-electron chi connectivity index (χ1n) is 11.6. The molecule has 28 heavy (non-hydrogen) atoms. The highest BCUT2D eigenvalue weighted by Gasteiger charge is 2.35. The van der Waals surface area contributed by atoms with Crippen LogP contribution in [0.4, 0.5) is 0 Å². The van der Waals surface area contributed by atoms with E-state index in [2.05, 4.69) is 6.92 Å². The van der Waals surface area contributed by atoms with Crippen LogP contribution in [-0.4, -0.2) is 24.1 Å². The molecule has 0 aromatic carbocycles. The monoisotopic (exact) mass is 390 g/mol. The lowest BCUT2D eigenvalue weighted by Crippen LogP contribution is -2.33. The SMILES string of the molecule is C/C=C/C(=O)OC1CCC(C2CCC(C(=O)OC3CCC(C)CC3)CC2)CC1. The fraction of sp³-hybridized carbons (Fsp3) is 0.833. The molecular weight excluding hydrogens is 352 g/mol. The summed E-state index contributed by atoms with van der Waals surface area (Å²) in [6.07, 6.45) is 16.5. The third kappa shape index (κ3) is 6.09. The Bertz CT molecular complexity index is 531. The minimum Gasteiger partial charge on any atom is -0.462 e. The van der Waals surface area contributed by atoms with Gasteiger partial charge >= 0.3 is 11.9 Å². The van der Waals surface area contributed by atoms with Gasteiger partial charge in [0.25, 0.3) is 0 Å². The zero-order valence-electron chi connectivity index (χ0n) is 17.7. The largest absolute Gasteiger partial charge is 0.462 e. The standard InChI is InChI=1S/C24H38O4/c1-3-4-23(25)27-21-15-11-19(12-16-21)18-7-9-20(10-8-18)24(26)28-22-13-5-17(2)6-14-22/h3-4,17-22H,5-16H2,1-2H3/b4-3+. The number of esters is 2. The normalized spacial score (nSPS) is 36.8. The number of hydrogen-bond donors (Lipinski definition) is 0. The summed E-state index contributed by atoms with van der Waals surface area (Å²) in [4.78, 5) is 24.2. The summed E-state index contributed by atoms with van der Waals surface area (Å²) >= 11 is 0. The fourth-order valence-electron chi connectivity index (χ4n) is 5.45. The molecule has 0 aromatic heterocycles. The summed E-state index contributed by atoms with van der Waals surface area (Å²) < 4.78 is 11.3. The number of rotatable bonds is 5. The van der Waals surface area contributed by atoms with E-state index in [0.717, 1.165) is 82.0 Å². The van der Waals surface area contributed by atoms with Crippen molar-refractivity contribution in [2.45, 2.75) is 103 Å². The lowest BCUT2D eigenvalue weighted by atomic mass is 9.70. The first kappa shape index (κ1) is 21.4. The van der Waals surface area contributed by atoms with Crippen molar-refractivity contribution in [2.75, 3.05) is 0 Å². The molecule has 0 unspecified atom stereocenters. The number of carbonyl (C=O) groups is 2. The van der Waals surface area contributed by atoms with E-state index in [1.165, 1.54) is 18.9 Å². The Balaban J connectivity index is 1.35. The van der Waals surface area contributed by atoms with Crippen LogP contribution in [0.25, 0.3) is 0 Å².